The van der Waals surface area contributed by atoms with Crippen LogP contribution in [0.25, 0.3) is 0 Å². The number of anilines is 1. The van der Waals surface area contributed by atoms with Crippen LogP contribution in [0.4, 0.5) is 10.1 Å². The highest BCUT2D eigenvalue weighted by atomic mass is 35.5. The summed E-state index contributed by atoms with van der Waals surface area (Å²) in [5.41, 5.74) is 5.43. The summed E-state index contributed by atoms with van der Waals surface area (Å²) < 4.78 is 39.6. The van der Waals surface area contributed by atoms with Crippen molar-refractivity contribution in [3.63, 3.8) is 0 Å². The van der Waals surface area contributed by atoms with E-state index in [9.17, 15) is 12.8 Å². The maximum atomic E-state index is 13.1. The molecule has 2 rings (SSSR count). The van der Waals surface area contributed by atoms with E-state index >= 15 is 0 Å². The zero-order chi connectivity index (χ0) is 14.0. The Balaban J connectivity index is 2.33. The standard InChI is InChI=1S/C11H10ClFN2O2S2/c12-9-3-1-7(13)5-10(9)15-19(16,17)11-4-2-8(6-14)18-11/h1-5,15H,6,14H2. The van der Waals surface area contributed by atoms with Crippen molar-refractivity contribution in [2.75, 3.05) is 4.72 Å². The molecule has 0 aliphatic heterocycles. The maximum Gasteiger partial charge on any atom is 0.271 e. The monoisotopic (exact) mass is 320 g/mol. The molecule has 0 saturated carbocycles. The molecule has 4 nitrogen and oxygen atoms in total. The second-order valence-electron chi connectivity index (χ2n) is 3.65. The van der Waals surface area contributed by atoms with Crippen LogP contribution in [0.1, 0.15) is 4.88 Å². The van der Waals surface area contributed by atoms with Gasteiger partial charge in [0.25, 0.3) is 10.0 Å². The van der Waals surface area contributed by atoms with Gasteiger partial charge in [-0.3, -0.25) is 4.72 Å². The molecule has 3 N–H and O–H groups in total. The number of nitrogens with two attached hydrogens (primary N) is 1. The molecule has 0 fully saturated rings. The van der Waals surface area contributed by atoms with E-state index < -0.39 is 15.8 Å². The predicted octanol–water partition coefficient (Wildman–Crippen LogP) is 2.80. The molecule has 0 aliphatic rings. The Hall–Kier alpha value is -1.15. The van der Waals surface area contributed by atoms with Crippen LogP contribution in [-0.4, -0.2) is 8.42 Å². The van der Waals surface area contributed by atoms with Gasteiger partial charge in [0.2, 0.25) is 0 Å². The Morgan fingerprint density at radius 1 is 1.32 bits per heavy atom. The van der Waals surface area contributed by atoms with E-state index in [1.165, 1.54) is 12.1 Å². The van der Waals surface area contributed by atoms with Gasteiger partial charge >= 0.3 is 0 Å². The third kappa shape index (κ3) is 3.24. The number of benzene rings is 1. The SMILES string of the molecule is NCc1ccc(S(=O)(=O)Nc2cc(F)ccc2Cl)s1. The van der Waals surface area contributed by atoms with Crippen LogP contribution in [0, 0.1) is 5.82 Å². The van der Waals surface area contributed by atoms with Crippen molar-refractivity contribution < 1.29 is 12.8 Å². The highest BCUT2D eigenvalue weighted by Gasteiger charge is 2.18. The molecule has 19 heavy (non-hydrogen) atoms. The van der Waals surface area contributed by atoms with Crippen molar-refractivity contribution in [1.82, 2.24) is 0 Å². The number of hydrogen-bond donors (Lipinski definition) is 2. The number of rotatable bonds is 4. The summed E-state index contributed by atoms with van der Waals surface area (Å²) in [4.78, 5) is 0.741. The van der Waals surface area contributed by atoms with E-state index in [0.29, 0.717) is 0 Å². The summed E-state index contributed by atoms with van der Waals surface area (Å²) >= 11 is 6.87. The summed E-state index contributed by atoms with van der Waals surface area (Å²) in [6.45, 7) is 0.265. The zero-order valence-corrected chi connectivity index (χ0v) is 11.9. The van der Waals surface area contributed by atoms with Crippen molar-refractivity contribution in [2.24, 2.45) is 5.73 Å². The molecule has 8 heteroatoms. The highest BCUT2D eigenvalue weighted by molar-refractivity contribution is 7.94. The summed E-state index contributed by atoms with van der Waals surface area (Å²) in [6.07, 6.45) is 0. The molecule has 102 valence electrons. The van der Waals surface area contributed by atoms with Gasteiger partial charge in [-0.2, -0.15) is 0 Å². The molecule has 1 heterocycles. The third-order valence-corrected chi connectivity index (χ3v) is 5.57. The number of nitrogens with one attached hydrogen (secondary N) is 1. The first-order valence-electron chi connectivity index (χ1n) is 5.19. The van der Waals surface area contributed by atoms with Crippen LogP contribution in [0.2, 0.25) is 5.02 Å². The van der Waals surface area contributed by atoms with Gasteiger partial charge in [0.1, 0.15) is 10.0 Å². The minimum absolute atomic E-state index is 0.00404. The fourth-order valence-corrected chi connectivity index (χ4v) is 3.91. The zero-order valence-electron chi connectivity index (χ0n) is 9.56. The van der Waals surface area contributed by atoms with Gasteiger partial charge in [-0.05, 0) is 30.3 Å². The van der Waals surface area contributed by atoms with E-state index in [4.69, 9.17) is 17.3 Å². The van der Waals surface area contributed by atoms with Crippen LogP contribution >= 0.6 is 22.9 Å². The molecule has 2 aromatic rings. The normalized spacial score (nSPS) is 11.5. The van der Waals surface area contributed by atoms with Gasteiger partial charge in [-0.15, -0.1) is 11.3 Å². The molecular weight excluding hydrogens is 311 g/mol. The maximum absolute atomic E-state index is 13.1. The van der Waals surface area contributed by atoms with Gasteiger partial charge in [-0.25, -0.2) is 12.8 Å². The minimum Gasteiger partial charge on any atom is -0.326 e. The summed E-state index contributed by atoms with van der Waals surface area (Å²) in [6, 6.07) is 6.54. The molecule has 0 atom stereocenters. The van der Waals surface area contributed by atoms with Crippen molar-refractivity contribution in [3.05, 3.63) is 46.0 Å². The van der Waals surface area contributed by atoms with E-state index in [1.807, 2.05) is 0 Å². The number of thiophene rings is 1. The van der Waals surface area contributed by atoms with Crippen LogP contribution in [-0.2, 0) is 16.6 Å². The quantitative estimate of drug-likeness (QED) is 0.910. The van der Waals surface area contributed by atoms with Gasteiger partial charge in [0.15, 0.2) is 0 Å². The van der Waals surface area contributed by atoms with Crippen LogP contribution in [0.15, 0.2) is 34.5 Å². The van der Waals surface area contributed by atoms with Crippen molar-refractivity contribution in [3.8, 4) is 0 Å². The Bertz CT molecular complexity index is 700. The molecule has 0 spiro atoms. The first-order valence-corrected chi connectivity index (χ1v) is 7.87. The van der Waals surface area contributed by atoms with Gasteiger partial charge in [0, 0.05) is 11.4 Å². The van der Waals surface area contributed by atoms with Gasteiger partial charge in [-0.1, -0.05) is 11.6 Å². The van der Waals surface area contributed by atoms with Crippen molar-refractivity contribution in [1.29, 1.82) is 0 Å². The molecule has 0 radical (unpaired) electrons. The molecule has 0 amide bonds. The summed E-state index contributed by atoms with van der Waals surface area (Å²) in [7, 11) is -3.78. The Morgan fingerprint density at radius 2 is 2.05 bits per heavy atom. The molecule has 0 saturated heterocycles. The molecule has 0 bridgehead atoms. The largest absolute Gasteiger partial charge is 0.326 e. The van der Waals surface area contributed by atoms with Crippen molar-refractivity contribution in [2.45, 2.75) is 10.8 Å². The number of sulfonamides is 1. The smallest absolute Gasteiger partial charge is 0.271 e. The fourth-order valence-electron chi connectivity index (χ4n) is 1.38. The molecule has 1 aromatic carbocycles. The lowest BCUT2D eigenvalue weighted by molar-refractivity contribution is 0.603. The summed E-state index contributed by atoms with van der Waals surface area (Å²) in [5.74, 6) is -0.573. The highest BCUT2D eigenvalue weighted by Crippen LogP contribution is 2.28. The number of halogens is 2. The van der Waals surface area contributed by atoms with E-state index in [0.717, 1.165) is 28.3 Å². The average molecular weight is 321 g/mol. The second kappa shape index (κ2) is 5.46. The second-order valence-corrected chi connectivity index (χ2v) is 7.14. The molecule has 0 unspecified atom stereocenters. The lowest BCUT2D eigenvalue weighted by Crippen LogP contribution is -2.12. The summed E-state index contributed by atoms with van der Waals surface area (Å²) in [5, 5.41) is 0.126. The lowest BCUT2D eigenvalue weighted by atomic mass is 10.3. The van der Waals surface area contributed by atoms with Crippen molar-refractivity contribution >= 4 is 38.6 Å². The predicted molar refractivity (Wildman–Crippen MR) is 74.4 cm³/mol. The first kappa shape index (κ1) is 14.3. The Kier molecular flexibility index (Phi) is 4.10. The topological polar surface area (TPSA) is 72.2 Å². The van der Waals surface area contributed by atoms with Crippen LogP contribution in [0.3, 0.4) is 0 Å². The fraction of sp³-hybridized carbons (Fsp3) is 0.0909. The van der Waals surface area contributed by atoms with E-state index in [-0.39, 0.29) is 21.5 Å². The molecule has 1 aromatic heterocycles. The van der Waals surface area contributed by atoms with Gasteiger partial charge < -0.3 is 5.73 Å². The van der Waals surface area contributed by atoms with Crippen LogP contribution < -0.4 is 10.5 Å². The van der Waals surface area contributed by atoms with E-state index in [2.05, 4.69) is 4.72 Å². The van der Waals surface area contributed by atoms with E-state index in [1.54, 1.807) is 6.07 Å². The average Bonchev–Trinajstić information content (AvgIpc) is 2.83. The van der Waals surface area contributed by atoms with Gasteiger partial charge in [0.05, 0.1) is 10.7 Å². The number of hydrogen-bond acceptors (Lipinski definition) is 4. The Morgan fingerprint density at radius 3 is 2.68 bits per heavy atom. The minimum atomic E-state index is -3.78. The third-order valence-electron chi connectivity index (χ3n) is 2.28. The molecular formula is C11H10ClFN2O2S2. The first-order chi connectivity index (χ1) is 8.92. The molecule has 0 aliphatic carbocycles. The Labute approximate surface area is 119 Å². The lowest BCUT2D eigenvalue weighted by Gasteiger charge is -2.08. The van der Waals surface area contributed by atoms with Crippen LogP contribution in [0.5, 0.6) is 0 Å².